The van der Waals surface area contributed by atoms with Gasteiger partial charge in [-0.15, -0.1) is 11.6 Å². The van der Waals surface area contributed by atoms with E-state index in [1.807, 2.05) is 0 Å². The number of likely N-dealkylation sites (tertiary alicyclic amines) is 1. The molecule has 1 N–H and O–H groups in total. The first-order chi connectivity index (χ1) is 10.0. The Labute approximate surface area is 128 Å². The van der Waals surface area contributed by atoms with E-state index in [0.29, 0.717) is 25.3 Å². The lowest BCUT2D eigenvalue weighted by Crippen LogP contribution is -2.44. The fourth-order valence-electron chi connectivity index (χ4n) is 2.53. The number of rotatable bonds is 5. The number of aromatic hydroxyl groups is 1. The second-order valence-corrected chi connectivity index (χ2v) is 5.49. The number of benzene rings is 1. The average molecular weight is 312 g/mol. The van der Waals surface area contributed by atoms with E-state index in [-0.39, 0.29) is 17.6 Å². The third-order valence-corrected chi connectivity index (χ3v) is 4.11. The minimum atomic E-state index is -0.653. The molecule has 0 radical (unpaired) electrons. The van der Waals surface area contributed by atoms with Crippen LogP contribution in [0.5, 0.6) is 5.75 Å². The van der Waals surface area contributed by atoms with Crippen molar-refractivity contribution < 1.29 is 19.4 Å². The Morgan fingerprint density at radius 3 is 2.67 bits per heavy atom. The summed E-state index contributed by atoms with van der Waals surface area (Å²) in [7, 11) is 1.31. The molecule has 1 heterocycles. The molecule has 1 aromatic rings. The minimum Gasteiger partial charge on any atom is -0.508 e. The summed E-state index contributed by atoms with van der Waals surface area (Å²) >= 11 is 5.81. The Kier molecular flexibility index (Phi) is 5.07. The van der Waals surface area contributed by atoms with Gasteiger partial charge in [0.2, 0.25) is 5.91 Å². The van der Waals surface area contributed by atoms with Crippen LogP contribution in [0.1, 0.15) is 12.0 Å². The fourth-order valence-corrected chi connectivity index (χ4v) is 2.73. The minimum absolute atomic E-state index is 0.0742. The highest BCUT2D eigenvalue weighted by molar-refractivity contribution is 6.18. The monoisotopic (exact) mass is 311 g/mol. The van der Waals surface area contributed by atoms with Gasteiger partial charge in [-0.2, -0.15) is 0 Å². The third-order valence-electron chi connectivity index (χ3n) is 3.67. The summed E-state index contributed by atoms with van der Waals surface area (Å²) in [6.45, 7) is 0.472. The summed E-state index contributed by atoms with van der Waals surface area (Å²) in [4.78, 5) is 25.6. The summed E-state index contributed by atoms with van der Waals surface area (Å²) in [5, 5.41) is 9.30. The van der Waals surface area contributed by atoms with E-state index >= 15 is 0 Å². The van der Waals surface area contributed by atoms with Gasteiger partial charge in [0.15, 0.2) is 0 Å². The Morgan fingerprint density at radius 2 is 2.14 bits per heavy atom. The third kappa shape index (κ3) is 3.67. The molecule has 0 aliphatic carbocycles. The van der Waals surface area contributed by atoms with Crippen LogP contribution in [0, 0.1) is 5.92 Å². The van der Waals surface area contributed by atoms with Gasteiger partial charge >= 0.3 is 5.97 Å². The molecule has 1 aliphatic heterocycles. The van der Waals surface area contributed by atoms with Crippen LogP contribution in [0.4, 0.5) is 0 Å². The average Bonchev–Trinajstić information content (AvgIpc) is 2.87. The van der Waals surface area contributed by atoms with E-state index in [0.717, 1.165) is 5.56 Å². The summed E-state index contributed by atoms with van der Waals surface area (Å²) in [5.74, 6) is 0.121. The molecule has 5 nitrogen and oxygen atoms in total. The lowest BCUT2D eigenvalue weighted by molar-refractivity contribution is -0.151. The molecule has 1 unspecified atom stereocenters. The van der Waals surface area contributed by atoms with Crippen LogP contribution in [0.15, 0.2) is 24.3 Å². The number of alkyl halides is 1. The van der Waals surface area contributed by atoms with Crippen molar-refractivity contribution >= 4 is 23.5 Å². The van der Waals surface area contributed by atoms with Crippen molar-refractivity contribution in [1.29, 1.82) is 0 Å². The van der Waals surface area contributed by atoms with Gasteiger partial charge in [0, 0.05) is 25.3 Å². The zero-order valence-corrected chi connectivity index (χ0v) is 12.5. The lowest BCUT2D eigenvalue weighted by Gasteiger charge is -2.26. The van der Waals surface area contributed by atoms with Gasteiger partial charge < -0.3 is 14.7 Å². The molecule has 1 aromatic carbocycles. The fraction of sp³-hybridized carbons (Fsp3) is 0.467. The Hall–Kier alpha value is -1.75. The number of phenols is 1. The van der Waals surface area contributed by atoms with E-state index in [9.17, 15) is 14.7 Å². The van der Waals surface area contributed by atoms with Crippen molar-refractivity contribution in [2.45, 2.75) is 18.9 Å². The molecular weight excluding hydrogens is 294 g/mol. The number of methoxy groups -OCH3 is 1. The Bertz CT molecular complexity index is 517. The molecule has 2 atom stereocenters. The maximum atomic E-state index is 12.1. The predicted molar refractivity (Wildman–Crippen MR) is 78.2 cm³/mol. The van der Waals surface area contributed by atoms with E-state index in [2.05, 4.69) is 0 Å². The maximum Gasteiger partial charge on any atom is 0.328 e. The van der Waals surface area contributed by atoms with E-state index in [1.54, 1.807) is 29.2 Å². The highest BCUT2D eigenvalue weighted by Crippen LogP contribution is 2.24. The van der Waals surface area contributed by atoms with Crippen molar-refractivity contribution in [3.8, 4) is 5.75 Å². The molecule has 1 aliphatic rings. The van der Waals surface area contributed by atoms with Crippen molar-refractivity contribution in [2.75, 3.05) is 19.5 Å². The molecule has 1 saturated heterocycles. The van der Waals surface area contributed by atoms with Crippen LogP contribution in [0.3, 0.4) is 0 Å². The summed E-state index contributed by atoms with van der Waals surface area (Å²) < 4.78 is 4.82. The largest absolute Gasteiger partial charge is 0.508 e. The van der Waals surface area contributed by atoms with E-state index < -0.39 is 12.0 Å². The van der Waals surface area contributed by atoms with Crippen LogP contribution in [-0.2, 0) is 20.7 Å². The second kappa shape index (κ2) is 6.80. The van der Waals surface area contributed by atoms with Gasteiger partial charge in [-0.1, -0.05) is 12.1 Å². The first-order valence-electron chi connectivity index (χ1n) is 6.76. The van der Waals surface area contributed by atoms with E-state index in [4.69, 9.17) is 16.3 Å². The highest BCUT2D eigenvalue weighted by atomic mass is 35.5. The number of phenolic OH excluding ortho intramolecular Hbond substituents is 1. The normalized spacial score (nSPS) is 19.6. The predicted octanol–water partition coefficient (Wildman–Crippen LogP) is 1.56. The van der Waals surface area contributed by atoms with Crippen molar-refractivity contribution in [3.63, 3.8) is 0 Å². The van der Waals surface area contributed by atoms with Gasteiger partial charge in [0.1, 0.15) is 11.8 Å². The molecule has 0 bridgehead atoms. The van der Waals surface area contributed by atoms with Crippen LogP contribution < -0.4 is 0 Å². The van der Waals surface area contributed by atoms with Crippen molar-refractivity contribution in [3.05, 3.63) is 29.8 Å². The van der Waals surface area contributed by atoms with Gasteiger partial charge in [-0.25, -0.2) is 4.79 Å². The molecule has 2 rings (SSSR count). The standard InChI is InChI=1S/C15H18ClNO4/c1-21-15(20)13(6-10-2-4-12(18)5-3-10)17-9-11(8-16)7-14(17)19/h2-5,11,13,18H,6-9H2,1H3/t11?,13-/m0/s1. The number of hydrogen-bond donors (Lipinski definition) is 1. The summed E-state index contributed by atoms with van der Waals surface area (Å²) in [6.07, 6.45) is 0.722. The Balaban J connectivity index is 2.17. The van der Waals surface area contributed by atoms with Crippen LogP contribution in [0.25, 0.3) is 0 Å². The quantitative estimate of drug-likeness (QED) is 0.662. The number of ether oxygens (including phenoxy) is 1. The first-order valence-corrected chi connectivity index (χ1v) is 7.29. The highest BCUT2D eigenvalue weighted by Gasteiger charge is 2.37. The lowest BCUT2D eigenvalue weighted by atomic mass is 10.0. The summed E-state index contributed by atoms with van der Waals surface area (Å²) in [6, 6.07) is 5.91. The van der Waals surface area contributed by atoms with Crippen LogP contribution >= 0.6 is 11.6 Å². The molecule has 6 heteroatoms. The van der Waals surface area contributed by atoms with E-state index in [1.165, 1.54) is 7.11 Å². The number of halogens is 1. The SMILES string of the molecule is COC(=O)[C@H](Cc1ccc(O)cc1)N1CC(CCl)CC1=O. The van der Waals surface area contributed by atoms with Crippen LogP contribution in [-0.4, -0.2) is 47.5 Å². The van der Waals surface area contributed by atoms with Crippen molar-refractivity contribution in [1.82, 2.24) is 4.90 Å². The maximum absolute atomic E-state index is 12.1. The molecule has 1 fully saturated rings. The molecule has 1 amide bonds. The summed E-state index contributed by atoms with van der Waals surface area (Å²) in [5.41, 5.74) is 0.852. The molecule has 0 saturated carbocycles. The van der Waals surface area contributed by atoms with Gasteiger partial charge in [0.25, 0.3) is 0 Å². The second-order valence-electron chi connectivity index (χ2n) is 5.18. The molecule has 0 spiro atoms. The number of carbonyl (C=O) groups excluding carboxylic acids is 2. The Morgan fingerprint density at radius 1 is 1.48 bits per heavy atom. The molecule has 0 aromatic heterocycles. The topological polar surface area (TPSA) is 66.8 Å². The number of hydrogen-bond acceptors (Lipinski definition) is 4. The van der Waals surface area contributed by atoms with Gasteiger partial charge in [-0.05, 0) is 23.6 Å². The number of nitrogens with zero attached hydrogens (tertiary/aromatic N) is 1. The number of carbonyl (C=O) groups is 2. The smallest absolute Gasteiger partial charge is 0.328 e. The van der Waals surface area contributed by atoms with Gasteiger partial charge in [-0.3, -0.25) is 4.79 Å². The van der Waals surface area contributed by atoms with Gasteiger partial charge in [0.05, 0.1) is 7.11 Å². The zero-order valence-electron chi connectivity index (χ0n) is 11.8. The zero-order chi connectivity index (χ0) is 15.4. The van der Waals surface area contributed by atoms with Crippen molar-refractivity contribution in [2.24, 2.45) is 5.92 Å². The first kappa shape index (κ1) is 15.6. The molecule has 114 valence electrons. The number of esters is 1. The van der Waals surface area contributed by atoms with Crippen LogP contribution in [0.2, 0.25) is 0 Å². The number of amides is 1. The molecular formula is C15H18ClNO4. The molecule has 21 heavy (non-hydrogen) atoms.